The quantitative estimate of drug-likeness (QED) is 0.811. The highest BCUT2D eigenvalue weighted by molar-refractivity contribution is 7.89. The van der Waals surface area contributed by atoms with Crippen molar-refractivity contribution in [2.45, 2.75) is 11.1 Å². The van der Waals surface area contributed by atoms with Gasteiger partial charge in [0.1, 0.15) is 6.54 Å². The van der Waals surface area contributed by atoms with Crippen molar-refractivity contribution in [1.82, 2.24) is 14.5 Å². The van der Waals surface area contributed by atoms with Gasteiger partial charge >= 0.3 is 6.18 Å². The largest absolute Gasteiger partial charge is 0.405 e. The number of rotatable bonds is 5. The summed E-state index contributed by atoms with van der Waals surface area (Å²) in [6.45, 7) is -0.769. The summed E-state index contributed by atoms with van der Waals surface area (Å²) in [6.07, 6.45) is -4.46. The molecule has 0 aliphatic carbocycles. The second-order valence-corrected chi connectivity index (χ2v) is 7.90. The zero-order valence-electron chi connectivity index (χ0n) is 13.1. The van der Waals surface area contributed by atoms with E-state index in [2.05, 4.69) is 0 Å². The van der Waals surface area contributed by atoms with Crippen LogP contribution in [0, 0.1) is 0 Å². The molecule has 2 rings (SSSR count). The Balaban J connectivity index is 1.87. The van der Waals surface area contributed by atoms with Gasteiger partial charge in [0.2, 0.25) is 15.9 Å². The number of carbonyl (C=O) groups is 1. The minimum Gasteiger partial charge on any atom is -0.346 e. The van der Waals surface area contributed by atoms with E-state index >= 15 is 0 Å². The molecule has 1 N–H and O–H groups in total. The molecule has 0 bridgehead atoms. The molecule has 25 heavy (non-hydrogen) atoms. The molecule has 1 heterocycles. The van der Waals surface area contributed by atoms with Crippen LogP contribution in [0.5, 0.6) is 0 Å². The predicted octanol–water partition coefficient (Wildman–Crippen LogP) is 1.32. The Morgan fingerprint density at radius 1 is 1.12 bits per heavy atom. The van der Waals surface area contributed by atoms with E-state index in [0.29, 0.717) is 5.02 Å². The third-order valence-corrected chi connectivity index (χ3v) is 5.80. The van der Waals surface area contributed by atoms with Crippen molar-refractivity contribution in [2.24, 2.45) is 0 Å². The van der Waals surface area contributed by atoms with Gasteiger partial charge in [-0.25, -0.2) is 8.42 Å². The molecule has 0 unspecified atom stereocenters. The van der Waals surface area contributed by atoms with Crippen LogP contribution < -0.4 is 5.32 Å². The molecule has 11 heteroatoms. The van der Waals surface area contributed by atoms with Gasteiger partial charge in [0.15, 0.2) is 0 Å². The lowest BCUT2D eigenvalue weighted by Crippen LogP contribution is -2.51. The van der Waals surface area contributed by atoms with Crippen molar-refractivity contribution < 1.29 is 26.4 Å². The third-order valence-electron chi connectivity index (χ3n) is 3.64. The van der Waals surface area contributed by atoms with Gasteiger partial charge in [0, 0.05) is 31.2 Å². The summed E-state index contributed by atoms with van der Waals surface area (Å²) < 4.78 is 62.4. The molecular formula is C14H17ClF3N3O3S. The first kappa shape index (κ1) is 20.0. The Labute approximate surface area is 148 Å². The summed E-state index contributed by atoms with van der Waals surface area (Å²) in [5.41, 5.74) is 0. The Hall–Kier alpha value is -1.36. The van der Waals surface area contributed by atoms with E-state index in [9.17, 15) is 26.4 Å². The fourth-order valence-electron chi connectivity index (χ4n) is 2.34. The third kappa shape index (κ3) is 5.84. The number of piperazine rings is 1. The molecule has 140 valence electrons. The zero-order chi connectivity index (χ0) is 18.7. The fraction of sp³-hybridized carbons (Fsp3) is 0.500. The second kappa shape index (κ2) is 7.90. The minimum atomic E-state index is -4.46. The lowest BCUT2D eigenvalue weighted by molar-refractivity contribution is -0.139. The van der Waals surface area contributed by atoms with Crippen molar-refractivity contribution in [3.8, 4) is 0 Å². The lowest BCUT2D eigenvalue weighted by atomic mass is 10.3. The molecule has 1 saturated heterocycles. The van der Waals surface area contributed by atoms with Crippen LogP contribution in [0.4, 0.5) is 13.2 Å². The topological polar surface area (TPSA) is 69.7 Å². The molecule has 1 aliphatic heterocycles. The van der Waals surface area contributed by atoms with Gasteiger partial charge in [0.05, 0.1) is 11.4 Å². The average Bonchev–Trinajstić information content (AvgIpc) is 2.53. The lowest BCUT2D eigenvalue weighted by Gasteiger charge is -2.33. The summed E-state index contributed by atoms with van der Waals surface area (Å²) in [5.74, 6) is -0.744. The van der Waals surface area contributed by atoms with E-state index in [1.54, 1.807) is 10.2 Å². The fourth-order valence-corrected chi connectivity index (χ4v) is 3.89. The van der Waals surface area contributed by atoms with Crippen LogP contribution in [0.2, 0.25) is 5.02 Å². The zero-order valence-corrected chi connectivity index (χ0v) is 14.7. The molecule has 1 amide bonds. The van der Waals surface area contributed by atoms with Gasteiger partial charge in [-0.1, -0.05) is 11.6 Å². The number of amides is 1. The van der Waals surface area contributed by atoms with Crippen LogP contribution in [-0.4, -0.2) is 69.0 Å². The SMILES string of the molecule is O=C(CN1CCN(S(=O)(=O)c2ccc(Cl)cc2)CC1)NCC(F)(F)F. The first-order chi connectivity index (χ1) is 11.6. The van der Waals surface area contributed by atoms with Crippen molar-refractivity contribution >= 4 is 27.5 Å². The van der Waals surface area contributed by atoms with Crippen LogP contribution >= 0.6 is 11.6 Å². The molecule has 0 saturated carbocycles. The smallest absolute Gasteiger partial charge is 0.346 e. The molecule has 0 atom stereocenters. The van der Waals surface area contributed by atoms with E-state index < -0.39 is 28.7 Å². The van der Waals surface area contributed by atoms with E-state index in [4.69, 9.17) is 11.6 Å². The second-order valence-electron chi connectivity index (χ2n) is 5.53. The molecule has 0 radical (unpaired) electrons. The van der Waals surface area contributed by atoms with Gasteiger partial charge < -0.3 is 5.32 Å². The Bertz CT molecular complexity index is 702. The highest BCUT2D eigenvalue weighted by Gasteiger charge is 2.30. The van der Waals surface area contributed by atoms with Crippen molar-refractivity contribution in [2.75, 3.05) is 39.3 Å². The number of alkyl halides is 3. The van der Waals surface area contributed by atoms with E-state index in [-0.39, 0.29) is 37.6 Å². The number of nitrogens with zero attached hydrogens (tertiary/aromatic N) is 2. The summed E-state index contributed by atoms with van der Waals surface area (Å²) in [5, 5.41) is 2.22. The van der Waals surface area contributed by atoms with Gasteiger partial charge in [-0.2, -0.15) is 17.5 Å². The van der Waals surface area contributed by atoms with E-state index in [0.717, 1.165) is 0 Å². The number of nitrogens with one attached hydrogen (secondary N) is 1. The van der Waals surface area contributed by atoms with Gasteiger partial charge in [-0.3, -0.25) is 9.69 Å². The van der Waals surface area contributed by atoms with Crippen LogP contribution in [0.1, 0.15) is 0 Å². The standard InChI is InChI=1S/C14H17ClF3N3O3S/c15-11-1-3-12(4-2-11)25(23,24)21-7-5-20(6-8-21)9-13(22)19-10-14(16,17)18/h1-4H,5-10H2,(H,19,22). The Morgan fingerprint density at radius 2 is 1.68 bits per heavy atom. The molecule has 0 spiro atoms. The maximum absolute atomic E-state index is 12.5. The summed E-state index contributed by atoms with van der Waals surface area (Å²) in [4.78, 5) is 13.2. The Morgan fingerprint density at radius 3 is 2.20 bits per heavy atom. The molecule has 1 aromatic rings. The van der Waals surface area contributed by atoms with Gasteiger partial charge in [0.25, 0.3) is 0 Å². The minimum absolute atomic E-state index is 0.119. The summed E-state index contributed by atoms with van der Waals surface area (Å²) in [6, 6.07) is 5.79. The summed E-state index contributed by atoms with van der Waals surface area (Å²) >= 11 is 5.75. The molecule has 6 nitrogen and oxygen atoms in total. The number of hydrogen-bond acceptors (Lipinski definition) is 4. The monoisotopic (exact) mass is 399 g/mol. The van der Waals surface area contributed by atoms with E-state index in [1.807, 2.05) is 0 Å². The van der Waals surface area contributed by atoms with Crippen molar-refractivity contribution in [3.63, 3.8) is 0 Å². The predicted molar refractivity (Wildman–Crippen MR) is 85.7 cm³/mol. The molecule has 1 aliphatic rings. The molecular weight excluding hydrogens is 383 g/mol. The Kier molecular flexibility index (Phi) is 6.30. The van der Waals surface area contributed by atoms with Crippen LogP contribution in [-0.2, 0) is 14.8 Å². The number of sulfonamides is 1. The van der Waals surface area contributed by atoms with Crippen molar-refractivity contribution in [3.05, 3.63) is 29.3 Å². The number of hydrogen-bond donors (Lipinski definition) is 1. The van der Waals surface area contributed by atoms with Crippen LogP contribution in [0.3, 0.4) is 0 Å². The first-order valence-corrected chi connectivity index (χ1v) is 9.21. The van der Waals surface area contributed by atoms with Gasteiger partial charge in [-0.05, 0) is 24.3 Å². The average molecular weight is 400 g/mol. The molecule has 0 aromatic heterocycles. The molecule has 1 aromatic carbocycles. The normalized spacial score (nSPS) is 17.4. The number of carbonyl (C=O) groups excluding carboxylic acids is 1. The van der Waals surface area contributed by atoms with Crippen molar-refractivity contribution in [1.29, 1.82) is 0 Å². The van der Waals surface area contributed by atoms with E-state index in [1.165, 1.54) is 28.6 Å². The van der Waals surface area contributed by atoms with Crippen LogP contribution in [0.25, 0.3) is 0 Å². The maximum atomic E-state index is 12.5. The highest BCUT2D eigenvalue weighted by Crippen LogP contribution is 2.19. The highest BCUT2D eigenvalue weighted by atomic mass is 35.5. The molecule has 1 fully saturated rings. The summed E-state index contributed by atoms with van der Waals surface area (Å²) in [7, 11) is -3.66. The maximum Gasteiger partial charge on any atom is 0.405 e. The number of benzene rings is 1. The first-order valence-electron chi connectivity index (χ1n) is 7.39. The number of halogens is 4. The van der Waals surface area contributed by atoms with Crippen LogP contribution in [0.15, 0.2) is 29.2 Å². The van der Waals surface area contributed by atoms with Gasteiger partial charge in [-0.15, -0.1) is 0 Å².